The van der Waals surface area contributed by atoms with E-state index < -0.39 is 0 Å². The zero-order valence-corrected chi connectivity index (χ0v) is 17.3. The number of hydrogen-bond donors (Lipinski definition) is 2. The lowest BCUT2D eigenvalue weighted by atomic mass is 9.90. The van der Waals surface area contributed by atoms with Gasteiger partial charge < -0.3 is 15.0 Å². The predicted octanol–water partition coefficient (Wildman–Crippen LogP) is 4.76. The summed E-state index contributed by atoms with van der Waals surface area (Å²) in [6.07, 6.45) is 1.34. The third-order valence-electron chi connectivity index (χ3n) is 5.67. The molecule has 2 N–H and O–H groups in total. The van der Waals surface area contributed by atoms with Gasteiger partial charge in [0, 0.05) is 46.2 Å². The molecule has 1 aliphatic heterocycles. The Hall–Kier alpha value is -3.64. The zero-order chi connectivity index (χ0) is 21.5. The van der Waals surface area contributed by atoms with Gasteiger partial charge in [-0.15, -0.1) is 10.2 Å². The number of rotatable bonds is 4. The average Bonchev–Trinajstić information content (AvgIpc) is 3.11. The molecule has 1 saturated heterocycles. The van der Waals surface area contributed by atoms with Crippen LogP contribution in [0.1, 0.15) is 11.6 Å². The highest BCUT2D eigenvalue weighted by Gasteiger charge is 2.34. The summed E-state index contributed by atoms with van der Waals surface area (Å²) in [5.74, 6) is 0.233. The van der Waals surface area contributed by atoms with Crippen LogP contribution >= 0.6 is 11.6 Å². The molecule has 4 aromatic rings. The number of H-pyrrole nitrogens is 1. The Morgan fingerprint density at radius 1 is 1.16 bits per heavy atom. The van der Waals surface area contributed by atoms with E-state index in [1.165, 1.54) is 6.08 Å². The Kier molecular flexibility index (Phi) is 4.71. The lowest BCUT2D eigenvalue weighted by Gasteiger charge is -2.38. The summed E-state index contributed by atoms with van der Waals surface area (Å²) in [7, 11) is 0. The Bertz CT molecular complexity index is 1310. The van der Waals surface area contributed by atoms with Crippen LogP contribution in [0.25, 0.3) is 33.4 Å². The molecule has 0 radical (unpaired) electrons. The fourth-order valence-corrected chi connectivity index (χ4v) is 4.16. The molecular weight excluding hydrogens is 412 g/mol. The molecule has 6 nitrogen and oxygen atoms in total. The van der Waals surface area contributed by atoms with Crippen molar-refractivity contribution in [3.05, 3.63) is 78.0 Å². The van der Waals surface area contributed by atoms with Gasteiger partial charge in [-0.05, 0) is 42.0 Å². The Balaban J connectivity index is 1.65. The van der Waals surface area contributed by atoms with Crippen LogP contribution in [-0.4, -0.2) is 44.2 Å². The van der Waals surface area contributed by atoms with E-state index in [2.05, 4.69) is 21.8 Å². The number of fused-ring (bicyclic) bond motifs is 1. The number of amides is 1. The third kappa shape index (κ3) is 3.35. The first-order chi connectivity index (χ1) is 15.0. The molecule has 0 saturated carbocycles. The second-order valence-corrected chi connectivity index (χ2v) is 8.01. The number of para-hydroxylation sites is 1. The van der Waals surface area contributed by atoms with Crippen molar-refractivity contribution in [3.8, 4) is 28.1 Å². The summed E-state index contributed by atoms with van der Waals surface area (Å²) < 4.78 is 0. The minimum atomic E-state index is -0.0676. The van der Waals surface area contributed by atoms with Crippen LogP contribution in [0.4, 0.5) is 0 Å². The number of benzene rings is 2. The topological polar surface area (TPSA) is 82.1 Å². The van der Waals surface area contributed by atoms with Gasteiger partial charge in [-0.1, -0.05) is 42.4 Å². The van der Waals surface area contributed by atoms with Crippen molar-refractivity contribution in [2.75, 3.05) is 13.1 Å². The van der Waals surface area contributed by atoms with E-state index in [4.69, 9.17) is 11.6 Å². The van der Waals surface area contributed by atoms with Crippen LogP contribution in [0.15, 0.2) is 67.3 Å². The second kappa shape index (κ2) is 7.56. The molecule has 0 aliphatic carbocycles. The number of aromatic nitrogens is 3. The summed E-state index contributed by atoms with van der Waals surface area (Å²) in [5.41, 5.74) is 4.88. The van der Waals surface area contributed by atoms with Crippen molar-refractivity contribution in [1.29, 1.82) is 0 Å². The van der Waals surface area contributed by atoms with Gasteiger partial charge in [0.15, 0.2) is 5.65 Å². The number of aromatic amines is 1. The van der Waals surface area contributed by atoms with Gasteiger partial charge in [-0.25, -0.2) is 0 Å². The van der Waals surface area contributed by atoms with E-state index >= 15 is 0 Å². The van der Waals surface area contributed by atoms with E-state index in [0.717, 1.165) is 22.2 Å². The SMILES string of the molecule is C=CC(=O)N1CC(c2[nH]c3nnc(-c4ccccc4O)cc3c2-c2ccc(Cl)cc2)C1. The average molecular weight is 431 g/mol. The Labute approximate surface area is 183 Å². The maximum absolute atomic E-state index is 11.9. The molecule has 5 rings (SSSR count). The van der Waals surface area contributed by atoms with Gasteiger partial charge in [-0.3, -0.25) is 4.79 Å². The fraction of sp³-hybridized carbons (Fsp3) is 0.125. The van der Waals surface area contributed by atoms with Crippen molar-refractivity contribution in [3.63, 3.8) is 0 Å². The summed E-state index contributed by atoms with van der Waals surface area (Å²) in [6.45, 7) is 4.78. The molecule has 2 aromatic heterocycles. The van der Waals surface area contributed by atoms with Gasteiger partial charge in [-0.2, -0.15) is 0 Å². The van der Waals surface area contributed by atoms with Crippen LogP contribution in [0, 0.1) is 0 Å². The first-order valence-corrected chi connectivity index (χ1v) is 10.3. The first-order valence-electron chi connectivity index (χ1n) is 9.90. The van der Waals surface area contributed by atoms with Crippen LogP contribution in [0.2, 0.25) is 5.02 Å². The molecule has 0 atom stereocenters. The first kappa shape index (κ1) is 19.3. The van der Waals surface area contributed by atoms with Crippen LogP contribution in [-0.2, 0) is 4.79 Å². The minimum absolute atomic E-state index is 0.0676. The number of hydrogen-bond acceptors (Lipinski definition) is 4. The minimum Gasteiger partial charge on any atom is -0.507 e. The summed E-state index contributed by atoms with van der Waals surface area (Å²) >= 11 is 6.11. The Morgan fingerprint density at radius 3 is 2.61 bits per heavy atom. The number of carbonyl (C=O) groups excluding carboxylic acids is 1. The number of nitrogens with one attached hydrogen (secondary N) is 1. The number of aromatic hydroxyl groups is 1. The number of phenolic OH excluding ortho intramolecular Hbond substituents is 1. The highest BCUT2D eigenvalue weighted by Crippen LogP contribution is 2.40. The molecule has 2 aromatic carbocycles. The van der Waals surface area contributed by atoms with Gasteiger partial charge in [0.2, 0.25) is 5.91 Å². The quantitative estimate of drug-likeness (QED) is 0.457. The molecule has 3 heterocycles. The lowest BCUT2D eigenvalue weighted by Crippen LogP contribution is -2.48. The van der Waals surface area contributed by atoms with Crippen molar-refractivity contribution < 1.29 is 9.90 Å². The smallest absolute Gasteiger partial charge is 0.245 e. The van der Waals surface area contributed by atoms with Crippen LogP contribution in [0.5, 0.6) is 5.75 Å². The third-order valence-corrected chi connectivity index (χ3v) is 5.93. The maximum Gasteiger partial charge on any atom is 0.245 e. The maximum atomic E-state index is 11.9. The van der Waals surface area contributed by atoms with Crippen molar-refractivity contribution in [2.45, 2.75) is 5.92 Å². The molecule has 154 valence electrons. The van der Waals surface area contributed by atoms with Gasteiger partial charge >= 0.3 is 0 Å². The molecular formula is C24H19ClN4O2. The zero-order valence-electron chi connectivity index (χ0n) is 16.5. The summed E-state index contributed by atoms with van der Waals surface area (Å²) in [4.78, 5) is 17.1. The van der Waals surface area contributed by atoms with Crippen molar-refractivity contribution >= 4 is 28.5 Å². The monoisotopic (exact) mass is 430 g/mol. The van der Waals surface area contributed by atoms with Gasteiger partial charge in [0.25, 0.3) is 0 Å². The Morgan fingerprint density at radius 2 is 1.90 bits per heavy atom. The highest BCUT2D eigenvalue weighted by molar-refractivity contribution is 6.30. The van der Waals surface area contributed by atoms with Crippen LogP contribution < -0.4 is 0 Å². The normalized spacial score (nSPS) is 13.9. The lowest BCUT2D eigenvalue weighted by molar-refractivity contribution is -0.130. The molecule has 1 fully saturated rings. The van der Waals surface area contributed by atoms with E-state index in [1.807, 2.05) is 42.5 Å². The molecule has 1 amide bonds. The van der Waals surface area contributed by atoms with Gasteiger partial charge in [0.1, 0.15) is 5.75 Å². The molecule has 0 spiro atoms. The summed E-state index contributed by atoms with van der Waals surface area (Å²) in [6, 6.07) is 16.6. The van der Waals surface area contributed by atoms with Gasteiger partial charge in [0.05, 0.1) is 5.69 Å². The molecule has 1 aliphatic rings. The van der Waals surface area contributed by atoms with E-state index in [1.54, 1.807) is 17.0 Å². The number of phenols is 1. The van der Waals surface area contributed by atoms with Crippen LogP contribution in [0.3, 0.4) is 0 Å². The molecule has 31 heavy (non-hydrogen) atoms. The summed E-state index contributed by atoms with van der Waals surface area (Å²) in [5, 5.41) is 20.5. The molecule has 0 bridgehead atoms. The van der Waals surface area contributed by atoms with E-state index in [0.29, 0.717) is 35.0 Å². The van der Waals surface area contributed by atoms with E-state index in [-0.39, 0.29) is 17.6 Å². The van der Waals surface area contributed by atoms with Crippen molar-refractivity contribution in [1.82, 2.24) is 20.1 Å². The number of halogens is 1. The molecule has 0 unspecified atom stereocenters. The second-order valence-electron chi connectivity index (χ2n) is 7.57. The highest BCUT2D eigenvalue weighted by atomic mass is 35.5. The number of carbonyl (C=O) groups is 1. The van der Waals surface area contributed by atoms with E-state index in [9.17, 15) is 9.90 Å². The predicted molar refractivity (Wildman–Crippen MR) is 121 cm³/mol. The molecule has 7 heteroatoms. The number of likely N-dealkylation sites (tertiary alicyclic amines) is 1. The standard InChI is InChI=1S/C24H19ClN4O2/c1-2-21(31)29-12-15(13-29)23-22(14-7-9-16(25)10-8-14)18-11-19(27-28-24(18)26-23)17-5-3-4-6-20(17)30/h2-11,15,30H,1,12-13H2,(H,26,28). The van der Waals surface area contributed by atoms with Crippen molar-refractivity contribution in [2.24, 2.45) is 0 Å². The fourth-order valence-electron chi connectivity index (χ4n) is 4.04. The largest absolute Gasteiger partial charge is 0.507 e. The number of nitrogens with zero attached hydrogens (tertiary/aromatic N) is 3.